The number of benzene rings is 1. The van der Waals surface area contributed by atoms with Gasteiger partial charge in [0.2, 0.25) is 0 Å². The molecule has 1 saturated carbocycles. The van der Waals surface area contributed by atoms with E-state index in [9.17, 15) is 0 Å². The van der Waals surface area contributed by atoms with Crippen molar-refractivity contribution in [2.45, 2.75) is 38.3 Å². The fraction of sp³-hybridized carbons (Fsp3) is 0.550. The Morgan fingerprint density at radius 2 is 1.88 bits per heavy atom. The molecule has 0 unspecified atom stereocenters. The molecule has 142 valence electrons. The minimum absolute atomic E-state index is 0. The van der Waals surface area contributed by atoms with Gasteiger partial charge in [-0.15, -0.1) is 12.4 Å². The smallest absolute Gasteiger partial charge is 0.144 e. The Balaban J connectivity index is 0.00000196. The molecule has 26 heavy (non-hydrogen) atoms. The Morgan fingerprint density at radius 3 is 2.62 bits per heavy atom. The number of nitrogens with zero attached hydrogens (tertiary/aromatic N) is 3. The van der Waals surface area contributed by atoms with Crippen molar-refractivity contribution in [3.63, 3.8) is 0 Å². The Labute approximate surface area is 162 Å². The van der Waals surface area contributed by atoms with Crippen LogP contribution in [0.2, 0.25) is 0 Å². The van der Waals surface area contributed by atoms with Gasteiger partial charge in [0.25, 0.3) is 0 Å². The minimum atomic E-state index is 0. The lowest BCUT2D eigenvalue weighted by molar-refractivity contribution is 0.187. The molecule has 1 saturated heterocycles. The molecule has 1 aliphatic heterocycles. The topological polar surface area (TPSA) is 42.3 Å². The highest BCUT2D eigenvalue weighted by molar-refractivity contribution is 5.85. The van der Waals surface area contributed by atoms with Crippen LogP contribution in [0.4, 0.5) is 0 Å². The van der Waals surface area contributed by atoms with Crippen LogP contribution in [0.1, 0.15) is 31.4 Å². The summed E-state index contributed by atoms with van der Waals surface area (Å²) < 4.78 is 7.51. The number of aromatic nitrogens is 2. The molecule has 0 spiro atoms. The summed E-state index contributed by atoms with van der Waals surface area (Å²) in [4.78, 5) is 2.54. The molecule has 4 rings (SSSR count). The Hall–Kier alpha value is -1.56. The standard InChI is InChI=1S/C20H28N4O.ClH/c1-25-20-5-3-2-4-19(20)24-18(8-11-22-24)15-23-12-9-17(10-13-23)21-14-16-6-7-16;/h2-5,8,11,16-17,21H,6-7,9-10,12-15H2,1H3;1H. The van der Waals surface area contributed by atoms with Gasteiger partial charge in [-0.1, -0.05) is 12.1 Å². The molecule has 1 N–H and O–H groups in total. The Morgan fingerprint density at radius 1 is 1.12 bits per heavy atom. The molecular formula is C20H29ClN4O. The lowest BCUT2D eigenvalue weighted by atomic mass is 10.0. The van der Waals surface area contributed by atoms with Crippen molar-refractivity contribution in [1.82, 2.24) is 20.0 Å². The molecule has 1 aliphatic carbocycles. The fourth-order valence-electron chi connectivity index (χ4n) is 3.65. The minimum Gasteiger partial charge on any atom is -0.494 e. The first kappa shape index (κ1) is 19.2. The molecule has 0 bridgehead atoms. The molecule has 5 nitrogen and oxygen atoms in total. The summed E-state index contributed by atoms with van der Waals surface area (Å²) in [5.74, 6) is 1.82. The molecule has 1 aromatic carbocycles. The fourth-order valence-corrected chi connectivity index (χ4v) is 3.65. The summed E-state index contributed by atoms with van der Waals surface area (Å²) >= 11 is 0. The maximum Gasteiger partial charge on any atom is 0.144 e. The molecule has 2 heterocycles. The van der Waals surface area contributed by atoms with Gasteiger partial charge in [-0.2, -0.15) is 5.10 Å². The van der Waals surface area contributed by atoms with Gasteiger partial charge in [0.1, 0.15) is 11.4 Å². The van der Waals surface area contributed by atoms with Gasteiger partial charge in [0.15, 0.2) is 0 Å². The monoisotopic (exact) mass is 376 g/mol. The number of rotatable bonds is 7. The molecule has 0 atom stereocenters. The third kappa shape index (κ3) is 4.58. The molecular weight excluding hydrogens is 348 g/mol. The van der Waals surface area contributed by atoms with Crippen molar-refractivity contribution in [3.8, 4) is 11.4 Å². The van der Waals surface area contributed by atoms with Crippen LogP contribution < -0.4 is 10.1 Å². The van der Waals surface area contributed by atoms with E-state index in [1.165, 1.54) is 37.9 Å². The number of nitrogens with one attached hydrogen (secondary N) is 1. The highest BCUT2D eigenvalue weighted by atomic mass is 35.5. The Bertz CT molecular complexity index is 693. The van der Waals surface area contributed by atoms with Gasteiger partial charge in [-0.05, 0) is 56.3 Å². The lowest BCUT2D eigenvalue weighted by Gasteiger charge is -2.32. The number of methoxy groups -OCH3 is 1. The van der Waals surface area contributed by atoms with Crippen LogP contribution in [0.5, 0.6) is 5.75 Å². The molecule has 0 amide bonds. The zero-order valence-corrected chi connectivity index (χ0v) is 16.3. The van der Waals surface area contributed by atoms with Crippen LogP contribution in [0.3, 0.4) is 0 Å². The van der Waals surface area contributed by atoms with Crippen LogP contribution in [0.15, 0.2) is 36.5 Å². The molecule has 2 fully saturated rings. The van der Waals surface area contributed by atoms with Crippen LogP contribution in [-0.2, 0) is 6.54 Å². The van der Waals surface area contributed by atoms with Gasteiger partial charge in [-0.3, -0.25) is 4.90 Å². The number of hydrogen-bond donors (Lipinski definition) is 1. The van der Waals surface area contributed by atoms with E-state index in [1.807, 2.05) is 29.1 Å². The first-order chi connectivity index (χ1) is 12.3. The van der Waals surface area contributed by atoms with E-state index in [-0.39, 0.29) is 12.4 Å². The maximum absolute atomic E-state index is 5.50. The number of ether oxygens (including phenoxy) is 1. The summed E-state index contributed by atoms with van der Waals surface area (Å²) in [6.45, 7) is 4.47. The molecule has 6 heteroatoms. The predicted molar refractivity (Wildman–Crippen MR) is 106 cm³/mol. The van der Waals surface area contributed by atoms with Crippen molar-refractivity contribution in [3.05, 3.63) is 42.2 Å². The van der Waals surface area contributed by atoms with E-state index in [0.717, 1.165) is 37.0 Å². The predicted octanol–water partition coefficient (Wildman–Crippen LogP) is 3.27. The summed E-state index contributed by atoms with van der Waals surface area (Å²) in [6.07, 6.45) is 7.23. The maximum atomic E-state index is 5.50. The van der Waals surface area contributed by atoms with Crippen molar-refractivity contribution >= 4 is 12.4 Å². The van der Waals surface area contributed by atoms with Crippen LogP contribution in [0, 0.1) is 5.92 Å². The van der Waals surface area contributed by atoms with Crippen molar-refractivity contribution in [1.29, 1.82) is 0 Å². The second-order valence-corrected chi connectivity index (χ2v) is 7.31. The number of hydrogen-bond acceptors (Lipinski definition) is 4. The quantitative estimate of drug-likeness (QED) is 0.805. The first-order valence-corrected chi connectivity index (χ1v) is 9.45. The van der Waals surface area contributed by atoms with Gasteiger partial charge in [0, 0.05) is 31.9 Å². The van der Waals surface area contributed by atoms with E-state index in [4.69, 9.17) is 4.74 Å². The average Bonchev–Trinajstić information content (AvgIpc) is 3.38. The Kier molecular flexibility index (Phi) is 6.57. The largest absolute Gasteiger partial charge is 0.494 e. The molecule has 2 aliphatic rings. The van der Waals surface area contributed by atoms with Crippen LogP contribution >= 0.6 is 12.4 Å². The number of piperidine rings is 1. The van der Waals surface area contributed by atoms with E-state index in [1.54, 1.807) is 7.11 Å². The zero-order valence-electron chi connectivity index (χ0n) is 15.4. The molecule has 1 aromatic heterocycles. The molecule has 2 aromatic rings. The third-order valence-corrected chi connectivity index (χ3v) is 5.40. The summed E-state index contributed by atoms with van der Waals surface area (Å²) in [5.41, 5.74) is 2.22. The second-order valence-electron chi connectivity index (χ2n) is 7.31. The van der Waals surface area contributed by atoms with E-state index >= 15 is 0 Å². The third-order valence-electron chi connectivity index (χ3n) is 5.40. The SMILES string of the molecule is COc1ccccc1-n1nccc1CN1CCC(NCC2CC2)CC1.Cl. The average molecular weight is 377 g/mol. The van der Waals surface area contributed by atoms with Crippen molar-refractivity contribution in [2.75, 3.05) is 26.7 Å². The van der Waals surface area contributed by atoms with Gasteiger partial charge in [0.05, 0.1) is 12.8 Å². The van der Waals surface area contributed by atoms with E-state index in [2.05, 4.69) is 27.4 Å². The van der Waals surface area contributed by atoms with Gasteiger partial charge < -0.3 is 10.1 Å². The lowest BCUT2D eigenvalue weighted by Crippen LogP contribution is -2.42. The van der Waals surface area contributed by atoms with Gasteiger partial charge in [-0.25, -0.2) is 4.68 Å². The zero-order chi connectivity index (χ0) is 17.1. The summed E-state index contributed by atoms with van der Waals surface area (Å²) in [5, 5.41) is 8.28. The van der Waals surface area contributed by atoms with Crippen molar-refractivity contribution < 1.29 is 4.74 Å². The number of para-hydroxylation sites is 2. The number of halogens is 1. The highest BCUT2D eigenvalue weighted by Gasteiger charge is 2.24. The molecule has 0 radical (unpaired) electrons. The van der Waals surface area contributed by atoms with E-state index < -0.39 is 0 Å². The summed E-state index contributed by atoms with van der Waals surface area (Å²) in [6, 6.07) is 10.9. The second kappa shape index (κ2) is 8.89. The number of likely N-dealkylation sites (tertiary alicyclic amines) is 1. The first-order valence-electron chi connectivity index (χ1n) is 9.45. The van der Waals surface area contributed by atoms with Crippen LogP contribution in [-0.4, -0.2) is 47.5 Å². The van der Waals surface area contributed by atoms with E-state index in [0.29, 0.717) is 6.04 Å². The summed E-state index contributed by atoms with van der Waals surface area (Å²) in [7, 11) is 1.71. The van der Waals surface area contributed by atoms with Gasteiger partial charge >= 0.3 is 0 Å². The van der Waals surface area contributed by atoms with Crippen LogP contribution in [0.25, 0.3) is 5.69 Å². The highest BCUT2D eigenvalue weighted by Crippen LogP contribution is 2.28. The normalized spacial score (nSPS) is 18.5. The van der Waals surface area contributed by atoms with Crippen molar-refractivity contribution in [2.24, 2.45) is 5.92 Å².